The lowest BCUT2D eigenvalue weighted by Gasteiger charge is -2.32. The number of esters is 4. The molecular formula is C36H38O8. The third-order valence-electron chi connectivity index (χ3n) is 7.75. The quantitative estimate of drug-likeness (QED) is 0.0922. The molecule has 3 aromatic carbocycles. The van der Waals surface area contributed by atoms with Crippen LogP contribution in [0.5, 0.6) is 0 Å². The van der Waals surface area contributed by atoms with Crippen molar-refractivity contribution in [3.63, 3.8) is 0 Å². The molecule has 0 saturated carbocycles. The van der Waals surface area contributed by atoms with Gasteiger partial charge in [0.05, 0.1) is 0 Å². The Labute approximate surface area is 257 Å². The summed E-state index contributed by atoms with van der Waals surface area (Å²) >= 11 is 0. The fourth-order valence-electron chi connectivity index (χ4n) is 5.56. The number of hydrogen-bond acceptors (Lipinski definition) is 8. The van der Waals surface area contributed by atoms with Gasteiger partial charge >= 0.3 is 23.9 Å². The van der Waals surface area contributed by atoms with Crippen molar-refractivity contribution >= 4 is 34.6 Å². The van der Waals surface area contributed by atoms with E-state index >= 15 is 0 Å². The molecule has 8 nitrogen and oxygen atoms in total. The van der Waals surface area contributed by atoms with Crippen molar-refractivity contribution in [3.8, 4) is 11.1 Å². The molecule has 1 aliphatic rings. The van der Waals surface area contributed by atoms with E-state index in [1.54, 1.807) is 13.8 Å². The van der Waals surface area contributed by atoms with Crippen molar-refractivity contribution in [1.82, 2.24) is 0 Å². The summed E-state index contributed by atoms with van der Waals surface area (Å²) in [4.78, 5) is 49.1. The van der Waals surface area contributed by atoms with Crippen LogP contribution in [0.3, 0.4) is 0 Å². The fourth-order valence-corrected chi connectivity index (χ4v) is 5.56. The van der Waals surface area contributed by atoms with Crippen LogP contribution in [0.15, 0.2) is 78.9 Å². The normalized spacial score (nSPS) is 12.5. The van der Waals surface area contributed by atoms with E-state index in [9.17, 15) is 19.2 Å². The number of carbonyl (C=O) groups is 4. The lowest BCUT2D eigenvalue weighted by Crippen LogP contribution is -2.28. The van der Waals surface area contributed by atoms with E-state index < -0.39 is 29.3 Å². The van der Waals surface area contributed by atoms with Crippen LogP contribution in [-0.2, 0) is 43.5 Å². The van der Waals surface area contributed by atoms with Gasteiger partial charge in [-0.2, -0.15) is 0 Å². The van der Waals surface area contributed by atoms with Crippen molar-refractivity contribution in [2.75, 3.05) is 26.4 Å². The van der Waals surface area contributed by atoms with E-state index in [0.29, 0.717) is 12.8 Å². The van der Waals surface area contributed by atoms with Crippen molar-refractivity contribution in [3.05, 3.63) is 95.6 Å². The summed E-state index contributed by atoms with van der Waals surface area (Å²) in [6, 6.07) is 18.7. The van der Waals surface area contributed by atoms with Crippen LogP contribution in [0.1, 0.15) is 56.2 Å². The number of aryl methyl sites for hydroxylation is 1. The molecule has 0 unspecified atom stereocenters. The summed E-state index contributed by atoms with van der Waals surface area (Å²) in [5.74, 6) is -1.94. The molecule has 0 amide bonds. The third kappa shape index (κ3) is 7.43. The predicted molar refractivity (Wildman–Crippen MR) is 167 cm³/mol. The minimum atomic E-state index is -0.669. The maximum atomic E-state index is 12.9. The smallest absolute Gasteiger partial charge is 0.333 e. The molecule has 0 bridgehead atoms. The van der Waals surface area contributed by atoms with Gasteiger partial charge in [0.25, 0.3) is 0 Å². The van der Waals surface area contributed by atoms with Crippen molar-refractivity contribution in [2.45, 2.75) is 51.9 Å². The summed E-state index contributed by atoms with van der Waals surface area (Å²) in [5, 5.41) is 2.16. The molecule has 0 fully saturated rings. The Hall–Kier alpha value is -4.72. The summed E-state index contributed by atoms with van der Waals surface area (Å²) in [5.41, 5.74) is 5.16. The minimum Gasteiger partial charge on any atom is -0.462 e. The Morgan fingerprint density at radius 1 is 0.636 bits per heavy atom. The maximum Gasteiger partial charge on any atom is 0.333 e. The number of fused-ring (bicyclic) bond motifs is 4. The highest BCUT2D eigenvalue weighted by atomic mass is 16.6. The van der Waals surface area contributed by atoms with E-state index in [1.165, 1.54) is 0 Å². The SMILES string of the molecule is C=C(C)C(=O)OCCOC(=O)CCC1(CCC(=O)OCCOC(=O)C(=C)C)c2cc(C)ccc2-c2cc3ccccc3cc21. The summed E-state index contributed by atoms with van der Waals surface area (Å²) in [6.45, 7) is 11.9. The van der Waals surface area contributed by atoms with Crippen LogP contribution in [0.4, 0.5) is 0 Å². The van der Waals surface area contributed by atoms with E-state index in [-0.39, 0.29) is 50.4 Å². The Morgan fingerprint density at radius 2 is 1.11 bits per heavy atom. The Morgan fingerprint density at radius 3 is 1.64 bits per heavy atom. The molecule has 3 aromatic rings. The van der Waals surface area contributed by atoms with Crippen molar-refractivity contribution in [2.24, 2.45) is 0 Å². The molecule has 0 heterocycles. The second-order valence-electron chi connectivity index (χ2n) is 11.1. The monoisotopic (exact) mass is 598 g/mol. The molecular weight excluding hydrogens is 560 g/mol. The lowest BCUT2D eigenvalue weighted by atomic mass is 9.71. The van der Waals surface area contributed by atoms with Gasteiger partial charge in [0.1, 0.15) is 26.4 Å². The molecule has 0 saturated heterocycles. The Balaban J connectivity index is 1.57. The zero-order chi connectivity index (χ0) is 31.9. The standard InChI is InChI=1S/C36H38O8/c1-23(2)34(39)43-18-16-41-32(37)12-14-36(15-13-33(38)42-17-19-44-35(40)24(3)4)30-20-25(5)10-11-28(30)29-21-26-8-6-7-9-27(26)22-31(29)36/h6-11,20-22H,1,3,12-19H2,2,4-5H3. The molecule has 0 atom stereocenters. The van der Waals surface area contributed by atoms with E-state index in [2.05, 4.69) is 55.6 Å². The highest BCUT2D eigenvalue weighted by Gasteiger charge is 2.44. The van der Waals surface area contributed by atoms with E-state index in [4.69, 9.17) is 18.9 Å². The molecule has 0 N–H and O–H groups in total. The molecule has 4 rings (SSSR count). The first-order valence-corrected chi connectivity index (χ1v) is 14.6. The van der Waals surface area contributed by atoms with Crippen molar-refractivity contribution in [1.29, 1.82) is 0 Å². The summed E-state index contributed by atoms with van der Waals surface area (Å²) < 4.78 is 20.8. The largest absolute Gasteiger partial charge is 0.462 e. The van der Waals surface area contributed by atoms with Gasteiger partial charge < -0.3 is 18.9 Å². The first-order valence-electron chi connectivity index (χ1n) is 14.6. The zero-order valence-corrected chi connectivity index (χ0v) is 25.5. The molecule has 230 valence electrons. The average molecular weight is 599 g/mol. The highest BCUT2D eigenvalue weighted by Crippen LogP contribution is 2.55. The van der Waals surface area contributed by atoms with Crippen LogP contribution < -0.4 is 0 Å². The van der Waals surface area contributed by atoms with Crippen molar-refractivity contribution < 1.29 is 38.1 Å². The molecule has 0 spiro atoms. The average Bonchev–Trinajstić information content (AvgIpc) is 3.25. The number of carbonyl (C=O) groups excluding carboxylic acids is 4. The minimum absolute atomic E-state index is 0.0626. The van der Waals surface area contributed by atoms with Gasteiger partial charge in [-0.05, 0) is 78.8 Å². The van der Waals surface area contributed by atoms with Gasteiger partial charge in [0.15, 0.2) is 0 Å². The van der Waals surface area contributed by atoms with Gasteiger partial charge in [-0.25, -0.2) is 9.59 Å². The number of rotatable bonds is 14. The van der Waals surface area contributed by atoms with Gasteiger partial charge in [0, 0.05) is 29.4 Å². The van der Waals surface area contributed by atoms with Crippen LogP contribution in [0, 0.1) is 6.92 Å². The topological polar surface area (TPSA) is 105 Å². The van der Waals surface area contributed by atoms with Gasteiger partial charge in [-0.3, -0.25) is 9.59 Å². The predicted octanol–water partition coefficient (Wildman–Crippen LogP) is 6.30. The molecule has 8 heteroatoms. The summed E-state index contributed by atoms with van der Waals surface area (Å²) in [6.07, 6.45) is 0.950. The van der Waals surface area contributed by atoms with Crippen LogP contribution >= 0.6 is 0 Å². The zero-order valence-electron chi connectivity index (χ0n) is 25.5. The molecule has 1 aliphatic carbocycles. The van der Waals surface area contributed by atoms with Gasteiger partial charge in [-0.15, -0.1) is 0 Å². The second kappa shape index (κ2) is 14.2. The number of ether oxygens (including phenoxy) is 4. The number of hydrogen-bond donors (Lipinski definition) is 0. The van der Waals surface area contributed by atoms with Gasteiger partial charge in [-0.1, -0.05) is 61.2 Å². The lowest BCUT2D eigenvalue weighted by molar-refractivity contribution is -0.150. The Bertz CT molecular complexity index is 1570. The second-order valence-corrected chi connectivity index (χ2v) is 11.1. The van der Waals surface area contributed by atoms with E-state index in [0.717, 1.165) is 38.6 Å². The van der Waals surface area contributed by atoms with Crippen LogP contribution in [0.25, 0.3) is 21.9 Å². The first-order chi connectivity index (χ1) is 21.0. The van der Waals surface area contributed by atoms with Gasteiger partial charge in [0.2, 0.25) is 0 Å². The molecule has 0 aliphatic heterocycles. The molecule has 0 radical (unpaired) electrons. The fraction of sp³-hybridized carbons (Fsp3) is 0.333. The third-order valence-corrected chi connectivity index (χ3v) is 7.75. The van der Waals surface area contributed by atoms with Crippen LogP contribution in [-0.4, -0.2) is 50.3 Å². The summed E-state index contributed by atoms with van der Waals surface area (Å²) in [7, 11) is 0. The maximum absolute atomic E-state index is 12.9. The molecule has 0 aromatic heterocycles. The Kier molecular flexibility index (Phi) is 10.4. The van der Waals surface area contributed by atoms with Crippen LogP contribution in [0.2, 0.25) is 0 Å². The number of benzene rings is 3. The highest BCUT2D eigenvalue weighted by molar-refractivity contribution is 5.94. The first kappa shape index (κ1) is 32.2. The van der Waals surface area contributed by atoms with E-state index in [1.807, 2.05) is 19.1 Å². The molecule has 44 heavy (non-hydrogen) atoms.